The molecule has 2 saturated heterocycles. The van der Waals surface area contributed by atoms with Crippen molar-refractivity contribution in [3.8, 4) is 11.5 Å². The number of nitrogens with zero attached hydrogens (tertiary/aromatic N) is 1. The van der Waals surface area contributed by atoms with E-state index in [1.807, 2.05) is 12.1 Å². The minimum Gasteiger partial charge on any atom is -0.508 e. The standard InChI is InChI=1S/C32H35NO4/c1-36-30-18-25(33-15-13-32(14-16-33)19-22(20-34)21-37-32)8-11-29(30)31-27(23-5-3-2-4-6-23)10-7-24-17-26(35)9-12-28(24)31/h2-6,8-9,11-12,17-18,20,22,27,31,35H,7,10,13-16,19,21H2,1H3/t22?,27-,31+/m0/s1. The van der Waals surface area contributed by atoms with Crippen LogP contribution in [0.1, 0.15) is 59.8 Å². The topological polar surface area (TPSA) is 59.0 Å². The number of benzene rings is 3. The number of rotatable bonds is 5. The molecule has 3 aromatic carbocycles. The summed E-state index contributed by atoms with van der Waals surface area (Å²) in [7, 11) is 1.76. The highest BCUT2D eigenvalue weighted by Crippen LogP contribution is 2.50. The van der Waals surface area contributed by atoms with E-state index in [1.54, 1.807) is 7.11 Å². The van der Waals surface area contributed by atoms with E-state index in [1.165, 1.54) is 27.9 Å². The van der Waals surface area contributed by atoms with Crippen molar-refractivity contribution in [2.24, 2.45) is 5.92 Å². The Bertz CT molecular complexity index is 1270. The van der Waals surface area contributed by atoms with Crippen molar-refractivity contribution in [3.05, 3.63) is 89.0 Å². The average Bonchev–Trinajstić information content (AvgIpc) is 3.35. The van der Waals surface area contributed by atoms with Crippen LogP contribution in [-0.2, 0) is 16.0 Å². The van der Waals surface area contributed by atoms with Gasteiger partial charge in [0.2, 0.25) is 0 Å². The third-order valence-electron chi connectivity index (χ3n) is 8.84. The van der Waals surface area contributed by atoms with Crippen molar-refractivity contribution >= 4 is 12.0 Å². The third-order valence-corrected chi connectivity index (χ3v) is 8.84. The molecule has 1 unspecified atom stereocenters. The van der Waals surface area contributed by atoms with Crippen molar-refractivity contribution in [3.63, 3.8) is 0 Å². The number of phenolic OH excluding ortho intramolecular Hbond substituents is 1. The van der Waals surface area contributed by atoms with Crippen molar-refractivity contribution in [2.75, 3.05) is 31.7 Å². The van der Waals surface area contributed by atoms with Crippen molar-refractivity contribution in [1.29, 1.82) is 0 Å². The van der Waals surface area contributed by atoms with E-state index in [0.29, 0.717) is 18.3 Å². The number of methoxy groups -OCH3 is 1. The number of aryl methyl sites for hydroxylation is 1. The molecule has 5 nitrogen and oxygen atoms in total. The highest BCUT2D eigenvalue weighted by atomic mass is 16.5. The lowest BCUT2D eigenvalue weighted by Crippen LogP contribution is -2.44. The summed E-state index contributed by atoms with van der Waals surface area (Å²) in [6.07, 6.45) is 5.76. The quantitative estimate of drug-likeness (QED) is 0.449. The van der Waals surface area contributed by atoms with Gasteiger partial charge in [0.15, 0.2) is 0 Å². The second kappa shape index (κ2) is 9.86. The zero-order valence-corrected chi connectivity index (χ0v) is 21.4. The molecule has 3 atom stereocenters. The lowest BCUT2D eigenvalue weighted by atomic mass is 9.69. The molecule has 2 aliphatic heterocycles. The van der Waals surface area contributed by atoms with Crippen LogP contribution < -0.4 is 9.64 Å². The number of hydrogen-bond acceptors (Lipinski definition) is 5. The maximum atomic E-state index is 11.2. The van der Waals surface area contributed by atoms with Gasteiger partial charge in [-0.05, 0) is 72.9 Å². The lowest BCUT2D eigenvalue weighted by molar-refractivity contribution is -0.111. The van der Waals surface area contributed by atoms with E-state index in [9.17, 15) is 9.90 Å². The fourth-order valence-electron chi connectivity index (χ4n) is 6.89. The highest BCUT2D eigenvalue weighted by molar-refractivity contribution is 5.59. The number of fused-ring (bicyclic) bond motifs is 1. The number of phenols is 1. The maximum Gasteiger partial charge on any atom is 0.125 e. The molecule has 3 aromatic rings. The van der Waals surface area contributed by atoms with Crippen LogP contribution in [0, 0.1) is 5.92 Å². The van der Waals surface area contributed by atoms with Crippen LogP contribution in [0.3, 0.4) is 0 Å². The Kier molecular flexibility index (Phi) is 6.41. The first-order chi connectivity index (χ1) is 18.1. The summed E-state index contributed by atoms with van der Waals surface area (Å²) >= 11 is 0. The SMILES string of the molecule is COc1cc(N2CCC3(CC2)CC(C=O)CO3)ccc1[C@H]1c2ccc(O)cc2CC[C@H]1c1ccccc1. The first-order valence-corrected chi connectivity index (χ1v) is 13.5. The summed E-state index contributed by atoms with van der Waals surface area (Å²) in [6, 6.07) is 23.3. The van der Waals surface area contributed by atoms with Gasteiger partial charge < -0.3 is 24.3 Å². The molecule has 0 amide bonds. The summed E-state index contributed by atoms with van der Waals surface area (Å²) in [5.74, 6) is 1.75. The van der Waals surface area contributed by atoms with Gasteiger partial charge in [0.1, 0.15) is 17.8 Å². The molecular weight excluding hydrogens is 462 g/mol. The predicted octanol–water partition coefficient (Wildman–Crippen LogP) is 5.84. The number of anilines is 1. The monoisotopic (exact) mass is 497 g/mol. The van der Waals surface area contributed by atoms with E-state index in [-0.39, 0.29) is 17.4 Å². The molecule has 1 aliphatic carbocycles. The summed E-state index contributed by atoms with van der Waals surface area (Å²) in [6.45, 7) is 2.38. The molecule has 0 bridgehead atoms. The molecule has 5 heteroatoms. The van der Waals surface area contributed by atoms with Gasteiger partial charge in [-0.25, -0.2) is 0 Å². The van der Waals surface area contributed by atoms with E-state index in [4.69, 9.17) is 9.47 Å². The molecular formula is C32H35NO4. The molecule has 0 radical (unpaired) electrons. The molecule has 37 heavy (non-hydrogen) atoms. The molecule has 1 spiro atoms. The maximum absolute atomic E-state index is 11.2. The molecule has 0 aromatic heterocycles. The summed E-state index contributed by atoms with van der Waals surface area (Å²) in [4.78, 5) is 13.7. The van der Waals surface area contributed by atoms with Gasteiger partial charge in [0.05, 0.1) is 19.3 Å². The molecule has 0 saturated carbocycles. The van der Waals surface area contributed by atoms with Gasteiger partial charge in [-0.15, -0.1) is 0 Å². The van der Waals surface area contributed by atoms with Crippen LogP contribution in [0.2, 0.25) is 0 Å². The van der Waals surface area contributed by atoms with Crippen LogP contribution in [0.5, 0.6) is 11.5 Å². The van der Waals surface area contributed by atoms with E-state index in [2.05, 4.69) is 59.5 Å². The average molecular weight is 498 g/mol. The Morgan fingerprint density at radius 2 is 1.81 bits per heavy atom. The fourth-order valence-corrected chi connectivity index (χ4v) is 6.89. The molecule has 6 rings (SSSR count). The molecule has 3 aliphatic rings. The molecule has 1 N–H and O–H groups in total. The number of aldehydes is 1. The lowest BCUT2D eigenvalue weighted by Gasteiger charge is -2.40. The van der Waals surface area contributed by atoms with Crippen molar-refractivity contribution in [1.82, 2.24) is 0 Å². The normalized spacial score (nSPS) is 24.6. The van der Waals surface area contributed by atoms with Crippen LogP contribution >= 0.6 is 0 Å². The Balaban J connectivity index is 1.32. The zero-order chi connectivity index (χ0) is 25.4. The zero-order valence-electron chi connectivity index (χ0n) is 21.4. The minimum absolute atomic E-state index is 0.0452. The Labute approximate surface area is 219 Å². The van der Waals surface area contributed by atoms with Gasteiger partial charge in [-0.3, -0.25) is 0 Å². The minimum atomic E-state index is -0.133. The van der Waals surface area contributed by atoms with Crippen molar-refractivity contribution < 1.29 is 19.4 Å². The largest absolute Gasteiger partial charge is 0.508 e. The van der Waals surface area contributed by atoms with Gasteiger partial charge in [0.25, 0.3) is 0 Å². The first kappa shape index (κ1) is 24.1. The van der Waals surface area contributed by atoms with Gasteiger partial charge in [0, 0.05) is 42.2 Å². The Morgan fingerprint density at radius 3 is 2.54 bits per heavy atom. The van der Waals surface area contributed by atoms with Crippen LogP contribution in [0.4, 0.5) is 5.69 Å². The number of ether oxygens (including phenoxy) is 2. The predicted molar refractivity (Wildman–Crippen MR) is 145 cm³/mol. The van der Waals surface area contributed by atoms with E-state index >= 15 is 0 Å². The number of carbonyl (C=O) groups is 1. The third kappa shape index (κ3) is 4.50. The number of hydrogen-bond donors (Lipinski definition) is 1. The smallest absolute Gasteiger partial charge is 0.125 e. The van der Waals surface area contributed by atoms with Crippen LogP contribution in [-0.4, -0.2) is 43.8 Å². The molecule has 2 heterocycles. The van der Waals surface area contributed by atoms with Gasteiger partial charge in [-0.1, -0.05) is 42.5 Å². The van der Waals surface area contributed by atoms with Crippen molar-refractivity contribution in [2.45, 2.75) is 49.5 Å². The Hall–Kier alpha value is -3.31. The molecule has 2 fully saturated rings. The van der Waals surface area contributed by atoms with E-state index < -0.39 is 0 Å². The number of aromatic hydroxyl groups is 1. The molecule has 192 valence electrons. The second-order valence-corrected chi connectivity index (χ2v) is 10.9. The summed E-state index contributed by atoms with van der Waals surface area (Å²) < 4.78 is 12.1. The summed E-state index contributed by atoms with van der Waals surface area (Å²) in [5, 5.41) is 10.2. The van der Waals surface area contributed by atoms with Crippen LogP contribution in [0.25, 0.3) is 0 Å². The van der Waals surface area contributed by atoms with E-state index in [0.717, 1.165) is 57.2 Å². The van der Waals surface area contributed by atoms with Crippen LogP contribution in [0.15, 0.2) is 66.7 Å². The highest BCUT2D eigenvalue weighted by Gasteiger charge is 2.43. The number of carbonyl (C=O) groups excluding carboxylic acids is 1. The Morgan fingerprint density at radius 1 is 1.03 bits per heavy atom. The fraction of sp³-hybridized carbons (Fsp3) is 0.406. The van der Waals surface area contributed by atoms with Gasteiger partial charge in [-0.2, -0.15) is 0 Å². The summed E-state index contributed by atoms with van der Waals surface area (Å²) in [5.41, 5.74) is 6.05. The first-order valence-electron chi connectivity index (χ1n) is 13.5. The number of piperidine rings is 1. The second-order valence-electron chi connectivity index (χ2n) is 10.9. The van der Waals surface area contributed by atoms with Gasteiger partial charge >= 0.3 is 0 Å².